The number of aromatic hydroxyl groups is 1. The lowest BCUT2D eigenvalue weighted by Crippen LogP contribution is -1.91. The van der Waals surface area contributed by atoms with Gasteiger partial charge >= 0.3 is 0 Å². The third kappa shape index (κ3) is 2.00. The van der Waals surface area contributed by atoms with Gasteiger partial charge in [-0.25, -0.2) is 0 Å². The Morgan fingerprint density at radius 2 is 1.52 bits per heavy atom. The molecule has 4 heteroatoms. The molecule has 0 spiro atoms. The molecule has 1 N–H and O–H groups in total. The molecule has 0 atom stereocenters. The molecule has 3 aromatic rings. The van der Waals surface area contributed by atoms with Gasteiger partial charge in [-0.05, 0) is 29.7 Å². The number of fused-ring (bicyclic) bond motifs is 3. The maximum Gasteiger partial charge on any atom is 0.131 e. The Balaban J connectivity index is 2.53. The predicted molar refractivity (Wildman–Crippen MR) is 82.8 cm³/mol. The number of methoxy groups -OCH3 is 3. The summed E-state index contributed by atoms with van der Waals surface area (Å²) in [5.41, 5.74) is 0. The molecular formula is C17H16O4. The second kappa shape index (κ2) is 5.05. The van der Waals surface area contributed by atoms with Crippen LogP contribution in [0.25, 0.3) is 21.5 Å². The van der Waals surface area contributed by atoms with E-state index in [4.69, 9.17) is 14.2 Å². The van der Waals surface area contributed by atoms with Crippen molar-refractivity contribution in [2.24, 2.45) is 0 Å². The van der Waals surface area contributed by atoms with Crippen molar-refractivity contribution in [1.82, 2.24) is 0 Å². The molecule has 0 fully saturated rings. The summed E-state index contributed by atoms with van der Waals surface area (Å²) in [6.45, 7) is 0. The summed E-state index contributed by atoms with van der Waals surface area (Å²) < 4.78 is 16.1. The second-order valence-electron chi connectivity index (χ2n) is 4.70. The quantitative estimate of drug-likeness (QED) is 0.745. The van der Waals surface area contributed by atoms with Crippen LogP contribution in [0, 0.1) is 0 Å². The van der Waals surface area contributed by atoms with E-state index in [0.717, 1.165) is 16.2 Å². The van der Waals surface area contributed by atoms with E-state index in [2.05, 4.69) is 0 Å². The molecule has 0 amide bonds. The van der Waals surface area contributed by atoms with Crippen LogP contribution < -0.4 is 14.2 Å². The number of phenolic OH excluding ortho intramolecular Hbond substituents is 1. The first-order chi connectivity index (χ1) is 10.2. The van der Waals surface area contributed by atoms with Crippen LogP contribution in [0.2, 0.25) is 0 Å². The zero-order chi connectivity index (χ0) is 15.0. The van der Waals surface area contributed by atoms with Crippen LogP contribution in [-0.2, 0) is 0 Å². The number of benzene rings is 3. The van der Waals surface area contributed by atoms with Gasteiger partial charge in [0.2, 0.25) is 0 Å². The first-order valence-corrected chi connectivity index (χ1v) is 6.54. The second-order valence-corrected chi connectivity index (χ2v) is 4.70. The molecule has 0 heterocycles. The van der Waals surface area contributed by atoms with E-state index < -0.39 is 0 Å². The fourth-order valence-electron chi connectivity index (χ4n) is 2.66. The molecule has 3 rings (SSSR count). The Morgan fingerprint density at radius 1 is 0.762 bits per heavy atom. The van der Waals surface area contributed by atoms with E-state index in [0.29, 0.717) is 22.6 Å². The molecule has 0 aromatic heterocycles. The third-order valence-corrected chi connectivity index (χ3v) is 3.64. The summed E-state index contributed by atoms with van der Waals surface area (Å²) in [5, 5.41) is 13.6. The monoisotopic (exact) mass is 284 g/mol. The minimum Gasteiger partial charge on any atom is -0.507 e. The lowest BCUT2D eigenvalue weighted by atomic mass is 9.99. The van der Waals surface area contributed by atoms with Gasteiger partial charge < -0.3 is 19.3 Å². The van der Waals surface area contributed by atoms with Gasteiger partial charge in [0, 0.05) is 22.2 Å². The first-order valence-electron chi connectivity index (χ1n) is 6.54. The maximum absolute atomic E-state index is 10.3. The highest BCUT2D eigenvalue weighted by Crippen LogP contribution is 2.42. The van der Waals surface area contributed by atoms with E-state index >= 15 is 0 Å². The van der Waals surface area contributed by atoms with Crippen LogP contribution >= 0.6 is 0 Å². The minimum absolute atomic E-state index is 0.194. The molecule has 3 aromatic carbocycles. The van der Waals surface area contributed by atoms with Crippen molar-refractivity contribution in [1.29, 1.82) is 0 Å². The summed E-state index contributed by atoms with van der Waals surface area (Å²) in [6, 6.07) is 11.0. The van der Waals surface area contributed by atoms with E-state index in [1.807, 2.05) is 18.2 Å². The fraction of sp³-hybridized carbons (Fsp3) is 0.176. The largest absolute Gasteiger partial charge is 0.507 e. The van der Waals surface area contributed by atoms with Crippen molar-refractivity contribution in [3.63, 3.8) is 0 Å². The topological polar surface area (TPSA) is 47.9 Å². The van der Waals surface area contributed by atoms with E-state index in [9.17, 15) is 5.11 Å². The average molecular weight is 284 g/mol. The lowest BCUT2D eigenvalue weighted by Gasteiger charge is -2.14. The molecule has 21 heavy (non-hydrogen) atoms. The van der Waals surface area contributed by atoms with Gasteiger partial charge in [0.05, 0.1) is 21.3 Å². The molecule has 0 aliphatic rings. The molecule has 0 saturated heterocycles. The van der Waals surface area contributed by atoms with Gasteiger partial charge in [0.1, 0.15) is 23.0 Å². The van der Waals surface area contributed by atoms with Gasteiger partial charge in [-0.15, -0.1) is 0 Å². The molecule has 0 bridgehead atoms. The van der Waals surface area contributed by atoms with Crippen LogP contribution in [-0.4, -0.2) is 26.4 Å². The molecule has 108 valence electrons. The van der Waals surface area contributed by atoms with Crippen LogP contribution in [0.5, 0.6) is 23.0 Å². The van der Waals surface area contributed by atoms with Gasteiger partial charge in [0.25, 0.3) is 0 Å². The smallest absolute Gasteiger partial charge is 0.131 e. The Labute approximate surface area is 122 Å². The maximum atomic E-state index is 10.3. The summed E-state index contributed by atoms with van der Waals surface area (Å²) in [4.78, 5) is 0. The van der Waals surface area contributed by atoms with E-state index in [-0.39, 0.29) is 5.75 Å². The number of rotatable bonds is 3. The lowest BCUT2D eigenvalue weighted by molar-refractivity contribution is 0.398. The molecule has 0 radical (unpaired) electrons. The Bertz CT molecular complexity index is 824. The average Bonchev–Trinajstić information content (AvgIpc) is 2.53. The minimum atomic E-state index is 0.194. The van der Waals surface area contributed by atoms with Crippen molar-refractivity contribution in [2.45, 2.75) is 0 Å². The summed E-state index contributed by atoms with van der Waals surface area (Å²) in [7, 11) is 4.83. The molecular weight excluding hydrogens is 268 g/mol. The SMILES string of the molecule is COc1cc(OC)c2c(ccc3c(OC)ccc(O)c32)c1. The zero-order valence-electron chi connectivity index (χ0n) is 12.1. The Kier molecular flexibility index (Phi) is 3.22. The van der Waals surface area contributed by atoms with Gasteiger partial charge in [-0.2, -0.15) is 0 Å². The van der Waals surface area contributed by atoms with Crippen molar-refractivity contribution in [2.75, 3.05) is 21.3 Å². The molecule has 0 aliphatic carbocycles. The van der Waals surface area contributed by atoms with Crippen molar-refractivity contribution in [3.05, 3.63) is 36.4 Å². The third-order valence-electron chi connectivity index (χ3n) is 3.64. The number of hydrogen-bond acceptors (Lipinski definition) is 4. The van der Waals surface area contributed by atoms with Crippen molar-refractivity contribution < 1.29 is 19.3 Å². The Morgan fingerprint density at radius 3 is 2.19 bits per heavy atom. The van der Waals surface area contributed by atoms with Crippen LogP contribution in [0.3, 0.4) is 0 Å². The molecule has 4 nitrogen and oxygen atoms in total. The highest BCUT2D eigenvalue weighted by Gasteiger charge is 2.14. The van der Waals surface area contributed by atoms with Crippen LogP contribution in [0.1, 0.15) is 0 Å². The molecule has 0 aliphatic heterocycles. The van der Waals surface area contributed by atoms with Gasteiger partial charge in [-0.1, -0.05) is 6.07 Å². The van der Waals surface area contributed by atoms with Gasteiger partial charge in [-0.3, -0.25) is 0 Å². The van der Waals surface area contributed by atoms with E-state index in [1.165, 1.54) is 0 Å². The van der Waals surface area contributed by atoms with Gasteiger partial charge in [0.15, 0.2) is 0 Å². The van der Waals surface area contributed by atoms with Crippen LogP contribution in [0.15, 0.2) is 36.4 Å². The fourth-order valence-corrected chi connectivity index (χ4v) is 2.66. The Hall–Kier alpha value is -2.62. The summed E-state index contributed by atoms with van der Waals surface area (Å²) in [5.74, 6) is 2.27. The molecule has 0 saturated carbocycles. The number of ether oxygens (including phenoxy) is 3. The highest BCUT2D eigenvalue weighted by atomic mass is 16.5. The summed E-state index contributed by atoms with van der Waals surface area (Å²) >= 11 is 0. The highest BCUT2D eigenvalue weighted by molar-refractivity contribution is 6.15. The van der Waals surface area contributed by atoms with E-state index in [1.54, 1.807) is 39.5 Å². The standard InChI is InChI=1S/C17H16O4/c1-19-11-8-10-4-5-12-14(20-2)7-6-13(18)17(12)16(10)15(9-11)21-3/h4-9,18H,1-3H3. The zero-order valence-corrected chi connectivity index (χ0v) is 12.1. The summed E-state index contributed by atoms with van der Waals surface area (Å²) in [6.07, 6.45) is 0. The normalized spacial score (nSPS) is 10.8. The number of phenols is 1. The van der Waals surface area contributed by atoms with Crippen molar-refractivity contribution in [3.8, 4) is 23.0 Å². The number of hydrogen-bond donors (Lipinski definition) is 1. The van der Waals surface area contributed by atoms with Crippen LogP contribution in [0.4, 0.5) is 0 Å². The molecule has 0 unspecified atom stereocenters. The first kappa shape index (κ1) is 13.4. The predicted octanol–water partition coefficient (Wildman–Crippen LogP) is 3.72. The van der Waals surface area contributed by atoms with Crippen molar-refractivity contribution >= 4 is 21.5 Å².